The fourth-order valence-corrected chi connectivity index (χ4v) is 6.62. The summed E-state index contributed by atoms with van der Waals surface area (Å²) in [5.74, 6) is -5.04. The van der Waals surface area contributed by atoms with Crippen LogP contribution in [0.5, 0.6) is 0 Å². The number of carbonyl (C=O) groups is 4. The van der Waals surface area contributed by atoms with Crippen LogP contribution in [0.25, 0.3) is 0 Å². The Balaban J connectivity index is 1.31. The molecule has 4 unspecified atom stereocenters. The molecule has 2 N–H and O–H groups in total. The summed E-state index contributed by atoms with van der Waals surface area (Å²) >= 11 is 0. The number of allylic oxidation sites excluding steroid dienone is 2. The molecule has 184 valence electrons. The maximum atomic E-state index is 13.6. The van der Waals surface area contributed by atoms with Gasteiger partial charge in [-0.05, 0) is 48.2 Å². The molecule has 2 saturated heterocycles. The van der Waals surface area contributed by atoms with Crippen LogP contribution in [0.3, 0.4) is 0 Å². The van der Waals surface area contributed by atoms with Gasteiger partial charge in [0, 0.05) is 25.0 Å². The molecule has 1 saturated carbocycles. The molecule has 36 heavy (non-hydrogen) atoms. The van der Waals surface area contributed by atoms with Crippen LogP contribution in [0.4, 0.5) is 11.4 Å². The van der Waals surface area contributed by atoms with Crippen molar-refractivity contribution < 1.29 is 29.4 Å². The average molecular weight is 487 g/mol. The number of rotatable bonds is 6. The minimum absolute atomic E-state index is 0.00869. The van der Waals surface area contributed by atoms with E-state index in [1.165, 1.54) is 9.80 Å². The zero-order valence-electron chi connectivity index (χ0n) is 19.5. The van der Waals surface area contributed by atoms with Crippen molar-refractivity contribution >= 4 is 35.0 Å². The maximum Gasteiger partial charge on any atom is 0.238 e. The number of imide groups is 2. The first kappa shape index (κ1) is 22.8. The second-order valence-electron chi connectivity index (χ2n) is 9.95. The first-order valence-corrected chi connectivity index (χ1v) is 12.3. The normalized spacial score (nSPS) is 30.4. The number of anilines is 2. The van der Waals surface area contributed by atoms with Crippen molar-refractivity contribution in [2.24, 2.45) is 35.5 Å². The van der Waals surface area contributed by atoms with Gasteiger partial charge in [-0.3, -0.25) is 29.0 Å². The molecule has 8 nitrogen and oxygen atoms in total. The predicted molar refractivity (Wildman–Crippen MR) is 130 cm³/mol. The minimum atomic E-state index is -0.672. The summed E-state index contributed by atoms with van der Waals surface area (Å²) in [6.07, 6.45) is 4.67. The molecule has 0 spiro atoms. The summed E-state index contributed by atoms with van der Waals surface area (Å²) in [6, 6.07) is 13.9. The van der Waals surface area contributed by atoms with Gasteiger partial charge in [0.2, 0.25) is 23.6 Å². The molecule has 2 aromatic rings. The fraction of sp³-hybridized carbons (Fsp3) is 0.357. The summed E-state index contributed by atoms with van der Waals surface area (Å²) in [7, 11) is 0. The molecule has 5 aliphatic rings. The fourth-order valence-electron chi connectivity index (χ4n) is 6.62. The summed E-state index contributed by atoms with van der Waals surface area (Å²) < 4.78 is 0. The van der Waals surface area contributed by atoms with Crippen molar-refractivity contribution in [2.75, 3.05) is 23.0 Å². The third-order valence-corrected chi connectivity index (χ3v) is 8.20. The van der Waals surface area contributed by atoms with E-state index in [2.05, 4.69) is 0 Å². The predicted octanol–water partition coefficient (Wildman–Crippen LogP) is 1.48. The molecule has 2 heterocycles. The number of benzene rings is 2. The second kappa shape index (κ2) is 8.50. The van der Waals surface area contributed by atoms with Gasteiger partial charge < -0.3 is 10.2 Å². The molecule has 3 aliphatic carbocycles. The van der Waals surface area contributed by atoms with Crippen LogP contribution in [-0.2, 0) is 32.0 Å². The lowest BCUT2D eigenvalue weighted by Gasteiger charge is -2.44. The lowest BCUT2D eigenvalue weighted by molar-refractivity contribution is -0.137. The van der Waals surface area contributed by atoms with Gasteiger partial charge in [-0.1, -0.05) is 36.4 Å². The van der Waals surface area contributed by atoms with E-state index in [0.29, 0.717) is 24.2 Å². The van der Waals surface area contributed by atoms with Gasteiger partial charge in [-0.15, -0.1) is 0 Å². The molecule has 7 rings (SSSR count). The number of hydrogen-bond acceptors (Lipinski definition) is 6. The van der Waals surface area contributed by atoms with Crippen molar-refractivity contribution in [3.05, 3.63) is 71.8 Å². The molecule has 2 aromatic carbocycles. The largest absolute Gasteiger partial charge is 0.396 e. The van der Waals surface area contributed by atoms with Crippen molar-refractivity contribution in [3.8, 4) is 0 Å². The van der Waals surface area contributed by atoms with Crippen LogP contribution in [0.2, 0.25) is 0 Å². The molecule has 4 atom stereocenters. The van der Waals surface area contributed by atoms with Gasteiger partial charge in [0.15, 0.2) is 0 Å². The summed E-state index contributed by atoms with van der Waals surface area (Å²) in [5, 5.41) is 18.3. The van der Waals surface area contributed by atoms with Gasteiger partial charge in [-0.25, -0.2) is 0 Å². The van der Waals surface area contributed by atoms with Crippen LogP contribution < -0.4 is 9.80 Å². The third kappa shape index (κ3) is 3.14. The van der Waals surface area contributed by atoms with Gasteiger partial charge >= 0.3 is 0 Å². The molecule has 2 bridgehead atoms. The number of carbonyl (C=O) groups excluding carboxylic acids is 4. The molecule has 0 aromatic heterocycles. The van der Waals surface area contributed by atoms with E-state index in [9.17, 15) is 19.2 Å². The van der Waals surface area contributed by atoms with Crippen LogP contribution >= 0.6 is 0 Å². The standard InChI is InChI=1S/C28H26N2O6/c31-13-11-15-1-5-17(6-2-15)29-25(33)21-19-9-10-20(22(21)26(29)34)24-23(19)27(35)30(28(24)36)18-7-3-16(4-8-18)12-14-32/h1-10,19-24,31-32H,11-14H2. The average Bonchev–Trinajstić information content (AvgIpc) is 3.33. The Morgan fingerprint density at radius 1 is 0.528 bits per heavy atom. The van der Waals surface area contributed by atoms with Gasteiger partial charge in [0.25, 0.3) is 0 Å². The van der Waals surface area contributed by atoms with Crippen LogP contribution in [0.15, 0.2) is 60.7 Å². The minimum Gasteiger partial charge on any atom is -0.396 e. The summed E-state index contributed by atoms with van der Waals surface area (Å²) in [6.45, 7) is 0.0174. The molecule has 3 fully saturated rings. The lowest BCUT2D eigenvalue weighted by atomic mass is 9.54. The van der Waals surface area contributed by atoms with E-state index in [1.54, 1.807) is 48.5 Å². The van der Waals surface area contributed by atoms with Gasteiger partial charge in [0.05, 0.1) is 35.0 Å². The van der Waals surface area contributed by atoms with E-state index in [4.69, 9.17) is 10.2 Å². The number of aliphatic hydroxyl groups is 2. The Kier molecular flexibility index (Phi) is 5.39. The zero-order chi connectivity index (χ0) is 25.1. The summed E-state index contributed by atoms with van der Waals surface area (Å²) in [4.78, 5) is 56.7. The van der Waals surface area contributed by atoms with Crippen molar-refractivity contribution in [1.29, 1.82) is 0 Å². The third-order valence-electron chi connectivity index (χ3n) is 8.20. The lowest BCUT2D eigenvalue weighted by Crippen LogP contribution is -2.50. The monoisotopic (exact) mass is 486 g/mol. The van der Waals surface area contributed by atoms with Gasteiger partial charge in [-0.2, -0.15) is 0 Å². The molecule has 0 radical (unpaired) electrons. The number of amides is 4. The SMILES string of the molecule is O=C1C2C3C=CC(C2C(=O)N1c1ccc(CCO)cc1)C1C(=O)N(c2ccc(CCO)cc2)C(=O)C31. The molecule has 8 heteroatoms. The molecular formula is C28H26N2O6. The van der Waals surface area contributed by atoms with Crippen LogP contribution in [-0.4, -0.2) is 47.1 Å². The van der Waals surface area contributed by atoms with Crippen molar-refractivity contribution in [2.45, 2.75) is 12.8 Å². The quantitative estimate of drug-likeness (QED) is 0.472. The van der Waals surface area contributed by atoms with Gasteiger partial charge in [0.1, 0.15) is 0 Å². The first-order valence-electron chi connectivity index (χ1n) is 12.3. The Bertz CT molecular complexity index is 1140. The Labute approximate surface area is 207 Å². The zero-order valence-corrected chi connectivity index (χ0v) is 19.5. The highest BCUT2D eigenvalue weighted by atomic mass is 16.3. The van der Waals surface area contributed by atoms with Crippen LogP contribution in [0, 0.1) is 35.5 Å². The van der Waals surface area contributed by atoms with E-state index in [0.717, 1.165) is 11.1 Å². The highest BCUT2D eigenvalue weighted by Gasteiger charge is 2.68. The number of aliphatic hydroxyl groups excluding tert-OH is 2. The highest BCUT2D eigenvalue weighted by molar-refractivity contribution is 6.26. The molecular weight excluding hydrogens is 460 g/mol. The summed E-state index contributed by atoms with van der Waals surface area (Å²) in [5.41, 5.74) is 2.73. The first-order chi connectivity index (χ1) is 17.5. The molecule has 2 aliphatic heterocycles. The Morgan fingerprint density at radius 2 is 0.833 bits per heavy atom. The van der Waals surface area contributed by atoms with E-state index < -0.39 is 35.5 Å². The van der Waals surface area contributed by atoms with E-state index in [1.807, 2.05) is 12.2 Å². The molecule has 4 amide bonds. The second-order valence-corrected chi connectivity index (χ2v) is 9.95. The Hall–Kier alpha value is -3.62. The van der Waals surface area contributed by atoms with Crippen LogP contribution in [0.1, 0.15) is 11.1 Å². The smallest absolute Gasteiger partial charge is 0.238 e. The number of nitrogens with zero attached hydrogens (tertiary/aromatic N) is 2. The number of hydrogen-bond donors (Lipinski definition) is 2. The topological polar surface area (TPSA) is 115 Å². The maximum absolute atomic E-state index is 13.6. The van der Waals surface area contributed by atoms with Crippen molar-refractivity contribution in [1.82, 2.24) is 0 Å². The Morgan fingerprint density at radius 3 is 1.11 bits per heavy atom. The van der Waals surface area contributed by atoms with E-state index in [-0.39, 0.29) is 36.8 Å². The highest BCUT2D eigenvalue weighted by Crippen LogP contribution is 2.58. The van der Waals surface area contributed by atoms with E-state index >= 15 is 0 Å². The van der Waals surface area contributed by atoms with Crippen molar-refractivity contribution in [3.63, 3.8) is 0 Å².